The van der Waals surface area contributed by atoms with Gasteiger partial charge in [0, 0.05) is 13.7 Å². The first-order valence-electron chi connectivity index (χ1n) is 4.65. The number of benzene rings is 1. The van der Waals surface area contributed by atoms with Gasteiger partial charge >= 0.3 is 0 Å². The third kappa shape index (κ3) is 8.74. The second kappa shape index (κ2) is 11.4. The van der Waals surface area contributed by atoms with Crippen molar-refractivity contribution >= 4 is 43.0 Å². The van der Waals surface area contributed by atoms with Crippen molar-refractivity contribution in [3.63, 3.8) is 0 Å². The highest BCUT2D eigenvalue weighted by Gasteiger charge is 2.01. The van der Waals surface area contributed by atoms with Crippen LogP contribution in [0.1, 0.15) is 6.92 Å². The topological polar surface area (TPSA) is 55.4 Å². The third-order valence-electron chi connectivity index (χ3n) is 1.53. The Labute approximate surface area is 113 Å². The second-order valence-corrected chi connectivity index (χ2v) is 3.07. The standard InChI is InChI=1S/C8H6ClNO2.C3H8O.H2S/c9-6-3-1-2-4-7(6)10-8(12)5-11;1-3-4-2;/h1-5H,(H,10,12);3H2,1-2H3;1H2. The van der Waals surface area contributed by atoms with Crippen LogP contribution in [0.2, 0.25) is 5.02 Å². The number of carbonyl (C=O) groups excluding carboxylic acids is 2. The average molecular weight is 278 g/mol. The summed E-state index contributed by atoms with van der Waals surface area (Å²) in [4.78, 5) is 20.6. The summed E-state index contributed by atoms with van der Waals surface area (Å²) in [5, 5.41) is 2.73. The van der Waals surface area contributed by atoms with Gasteiger partial charge in [-0.1, -0.05) is 23.7 Å². The van der Waals surface area contributed by atoms with Gasteiger partial charge < -0.3 is 10.1 Å². The molecule has 0 heterocycles. The number of nitrogens with one attached hydrogen (secondary N) is 1. The lowest BCUT2D eigenvalue weighted by molar-refractivity contribution is -0.127. The molecule has 0 fully saturated rings. The van der Waals surface area contributed by atoms with E-state index in [9.17, 15) is 9.59 Å². The monoisotopic (exact) mass is 277 g/mol. The predicted octanol–water partition coefficient (Wildman–Crippen LogP) is 2.24. The Kier molecular flexibility index (Phi) is 12.3. The lowest BCUT2D eigenvalue weighted by Gasteiger charge is -2.01. The fourth-order valence-corrected chi connectivity index (χ4v) is 0.908. The third-order valence-corrected chi connectivity index (χ3v) is 1.86. The molecule has 96 valence electrons. The summed E-state index contributed by atoms with van der Waals surface area (Å²) in [5.41, 5.74) is 0.441. The summed E-state index contributed by atoms with van der Waals surface area (Å²) >= 11 is 5.69. The van der Waals surface area contributed by atoms with Gasteiger partial charge in [0.1, 0.15) is 0 Å². The maximum absolute atomic E-state index is 10.6. The van der Waals surface area contributed by atoms with E-state index in [1.165, 1.54) is 0 Å². The highest BCUT2D eigenvalue weighted by molar-refractivity contribution is 7.59. The number of amides is 1. The highest BCUT2D eigenvalue weighted by Crippen LogP contribution is 2.19. The van der Waals surface area contributed by atoms with Crippen molar-refractivity contribution in [1.82, 2.24) is 0 Å². The number of carbonyl (C=O) groups is 2. The first-order valence-corrected chi connectivity index (χ1v) is 5.03. The van der Waals surface area contributed by atoms with Crippen molar-refractivity contribution in [2.24, 2.45) is 0 Å². The minimum Gasteiger partial charge on any atom is -0.385 e. The molecule has 17 heavy (non-hydrogen) atoms. The van der Waals surface area contributed by atoms with Crippen molar-refractivity contribution in [2.75, 3.05) is 19.0 Å². The minimum absolute atomic E-state index is 0. The molecule has 0 aliphatic heterocycles. The fraction of sp³-hybridized carbons (Fsp3) is 0.273. The van der Waals surface area contributed by atoms with Crippen LogP contribution in [0.3, 0.4) is 0 Å². The lowest BCUT2D eigenvalue weighted by atomic mass is 10.3. The molecule has 1 amide bonds. The average Bonchev–Trinajstić information content (AvgIpc) is 2.32. The minimum atomic E-state index is -0.705. The number of methoxy groups -OCH3 is 1. The smallest absolute Gasteiger partial charge is 0.288 e. The van der Waals surface area contributed by atoms with E-state index in [-0.39, 0.29) is 19.8 Å². The molecule has 4 nitrogen and oxygen atoms in total. The Hall–Kier alpha value is -1.04. The van der Waals surface area contributed by atoms with Crippen LogP contribution in [0.4, 0.5) is 5.69 Å². The number of hydrogen-bond acceptors (Lipinski definition) is 3. The predicted molar refractivity (Wildman–Crippen MR) is 74.1 cm³/mol. The summed E-state index contributed by atoms with van der Waals surface area (Å²) in [5.74, 6) is -0.705. The first-order chi connectivity index (χ1) is 7.65. The van der Waals surface area contributed by atoms with E-state index in [0.29, 0.717) is 10.7 Å². The fourth-order valence-electron chi connectivity index (χ4n) is 0.725. The molecule has 1 rings (SSSR count). The molecule has 0 radical (unpaired) electrons. The second-order valence-electron chi connectivity index (χ2n) is 2.66. The molecule has 0 aromatic heterocycles. The number of hydrogen-bond donors (Lipinski definition) is 1. The van der Waals surface area contributed by atoms with Crippen LogP contribution < -0.4 is 5.32 Å². The normalized spacial score (nSPS) is 8.18. The molecule has 0 aliphatic rings. The van der Waals surface area contributed by atoms with Gasteiger partial charge in [-0.05, 0) is 19.1 Å². The molecule has 0 saturated carbocycles. The van der Waals surface area contributed by atoms with Crippen LogP contribution in [0.5, 0.6) is 0 Å². The number of para-hydroxylation sites is 1. The van der Waals surface area contributed by atoms with Gasteiger partial charge in [-0.3, -0.25) is 9.59 Å². The van der Waals surface area contributed by atoms with Gasteiger partial charge in [-0.25, -0.2) is 0 Å². The molecule has 0 atom stereocenters. The van der Waals surface area contributed by atoms with Crippen molar-refractivity contribution < 1.29 is 14.3 Å². The van der Waals surface area contributed by atoms with E-state index in [2.05, 4.69) is 10.1 Å². The number of rotatable bonds is 3. The van der Waals surface area contributed by atoms with E-state index >= 15 is 0 Å². The Morgan fingerprint density at radius 1 is 1.47 bits per heavy atom. The molecule has 1 aromatic carbocycles. The first kappa shape index (κ1) is 18.3. The maximum atomic E-state index is 10.6. The van der Waals surface area contributed by atoms with Gasteiger partial charge in [0.25, 0.3) is 5.91 Å². The molecule has 0 saturated heterocycles. The SMILES string of the molecule is CCOC.O=CC(=O)Nc1ccccc1Cl.S. The van der Waals surface area contributed by atoms with E-state index in [1.807, 2.05) is 6.92 Å². The Bertz CT molecular complexity index is 345. The zero-order valence-corrected chi connectivity index (χ0v) is 11.5. The molecular weight excluding hydrogens is 262 g/mol. The van der Waals surface area contributed by atoms with Crippen LogP contribution in [0, 0.1) is 0 Å². The Balaban J connectivity index is 0. The summed E-state index contributed by atoms with van der Waals surface area (Å²) in [7, 11) is 1.68. The molecular formula is C11H16ClNO3S. The molecule has 0 bridgehead atoms. The number of halogens is 1. The lowest BCUT2D eigenvalue weighted by Crippen LogP contribution is -2.12. The van der Waals surface area contributed by atoms with Crippen LogP contribution >= 0.6 is 25.1 Å². The summed E-state index contributed by atoms with van der Waals surface area (Å²) < 4.78 is 4.54. The number of anilines is 1. The molecule has 6 heteroatoms. The van der Waals surface area contributed by atoms with E-state index in [1.54, 1.807) is 31.4 Å². The van der Waals surface area contributed by atoms with Crippen molar-refractivity contribution in [1.29, 1.82) is 0 Å². The Morgan fingerprint density at radius 2 is 2.00 bits per heavy atom. The van der Waals surface area contributed by atoms with Gasteiger partial charge in [0.15, 0.2) is 0 Å². The van der Waals surface area contributed by atoms with Crippen LogP contribution in [-0.2, 0) is 14.3 Å². The van der Waals surface area contributed by atoms with Crippen molar-refractivity contribution in [3.05, 3.63) is 29.3 Å². The maximum Gasteiger partial charge on any atom is 0.288 e. The quantitative estimate of drug-likeness (QED) is 0.681. The summed E-state index contributed by atoms with van der Waals surface area (Å²) in [6.45, 7) is 2.78. The van der Waals surface area contributed by atoms with E-state index in [0.717, 1.165) is 6.61 Å². The largest absolute Gasteiger partial charge is 0.385 e. The zero-order valence-electron chi connectivity index (χ0n) is 9.70. The van der Waals surface area contributed by atoms with Crippen molar-refractivity contribution in [2.45, 2.75) is 6.92 Å². The van der Waals surface area contributed by atoms with Crippen molar-refractivity contribution in [3.8, 4) is 0 Å². The highest BCUT2D eigenvalue weighted by atomic mass is 35.5. The molecule has 1 aromatic rings. The van der Waals surface area contributed by atoms with Gasteiger partial charge in [0.05, 0.1) is 10.7 Å². The number of aldehydes is 1. The van der Waals surface area contributed by atoms with Crippen LogP contribution in [-0.4, -0.2) is 25.9 Å². The van der Waals surface area contributed by atoms with Crippen LogP contribution in [0.15, 0.2) is 24.3 Å². The summed E-state index contributed by atoms with van der Waals surface area (Å²) in [6, 6.07) is 6.69. The molecule has 0 aliphatic carbocycles. The number of ether oxygens (including phenoxy) is 1. The molecule has 1 N–H and O–H groups in total. The van der Waals surface area contributed by atoms with E-state index < -0.39 is 5.91 Å². The van der Waals surface area contributed by atoms with E-state index in [4.69, 9.17) is 11.6 Å². The molecule has 0 unspecified atom stereocenters. The van der Waals surface area contributed by atoms with Gasteiger partial charge in [-0.2, -0.15) is 13.5 Å². The van der Waals surface area contributed by atoms with Gasteiger partial charge in [-0.15, -0.1) is 0 Å². The Morgan fingerprint density at radius 3 is 2.41 bits per heavy atom. The van der Waals surface area contributed by atoms with Crippen LogP contribution in [0.25, 0.3) is 0 Å². The molecule has 0 spiro atoms. The van der Waals surface area contributed by atoms with Gasteiger partial charge in [0.2, 0.25) is 6.29 Å². The summed E-state index contributed by atoms with van der Waals surface area (Å²) in [6.07, 6.45) is 0.198. The zero-order chi connectivity index (χ0) is 12.4.